The fraction of sp³-hybridized carbons (Fsp3) is 0.387. The highest BCUT2D eigenvalue weighted by Gasteiger charge is 2.51. The van der Waals surface area contributed by atoms with Crippen LogP contribution in [0.3, 0.4) is 0 Å². The number of aromatic nitrogens is 2. The lowest BCUT2D eigenvalue weighted by atomic mass is 9.80. The van der Waals surface area contributed by atoms with Gasteiger partial charge in [-0.25, -0.2) is 9.97 Å². The molecule has 2 fully saturated rings. The smallest absolute Gasteiger partial charge is 0.481 e. The maximum atomic E-state index is 14.1. The third-order valence-corrected chi connectivity index (χ3v) is 8.40. The summed E-state index contributed by atoms with van der Waals surface area (Å²) in [6.45, 7) is 0. The molecule has 3 aromatic rings. The Morgan fingerprint density at radius 3 is 2.33 bits per heavy atom. The van der Waals surface area contributed by atoms with Gasteiger partial charge in [-0.3, -0.25) is 14.4 Å². The van der Waals surface area contributed by atoms with Crippen molar-refractivity contribution in [2.75, 3.05) is 4.90 Å². The van der Waals surface area contributed by atoms with Crippen molar-refractivity contribution in [2.24, 2.45) is 5.92 Å². The average Bonchev–Trinajstić information content (AvgIpc) is 3.70. The molecule has 9 nitrogen and oxygen atoms in total. The van der Waals surface area contributed by atoms with E-state index in [1.165, 1.54) is 18.5 Å². The molecule has 1 aromatic heterocycles. The van der Waals surface area contributed by atoms with Crippen LogP contribution in [0.25, 0.3) is 11.1 Å². The predicted octanol–water partition coefficient (Wildman–Crippen LogP) is 5.77. The van der Waals surface area contributed by atoms with Crippen LogP contribution < -0.4 is 9.64 Å². The molecule has 1 aliphatic heterocycles. The molecular formula is C31H29F3N4O5. The minimum Gasteiger partial charge on any atom is -0.481 e. The first-order valence-electron chi connectivity index (χ1n) is 14.2. The van der Waals surface area contributed by atoms with Gasteiger partial charge in [-0.2, -0.15) is 0 Å². The molecule has 2 heterocycles. The number of ether oxygens (including phenoxy) is 1. The molecule has 12 heteroatoms. The van der Waals surface area contributed by atoms with Crippen LogP contribution in [-0.4, -0.2) is 56.2 Å². The topological polar surface area (TPSA) is 113 Å². The van der Waals surface area contributed by atoms with Crippen molar-refractivity contribution in [3.05, 3.63) is 72.3 Å². The number of anilines is 1. The van der Waals surface area contributed by atoms with E-state index in [9.17, 15) is 32.7 Å². The van der Waals surface area contributed by atoms with Gasteiger partial charge >= 0.3 is 12.3 Å². The van der Waals surface area contributed by atoms with Crippen molar-refractivity contribution in [1.82, 2.24) is 14.9 Å². The van der Waals surface area contributed by atoms with Gasteiger partial charge < -0.3 is 19.6 Å². The molecule has 0 bridgehead atoms. The summed E-state index contributed by atoms with van der Waals surface area (Å²) in [6, 6.07) is 9.90. The summed E-state index contributed by atoms with van der Waals surface area (Å²) in [5.74, 6) is -2.15. The number of carboxylic acid groups (broad SMARTS) is 1. The second kappa shape index (κ2) is 11.3. The fourth-order valence-electron chi connectivity index (χ4n) is 6.54. The largest absolute Gasteiger partial charge is 0.573 e. The van der Waals surface area contributed by atoms with Crippen LogP contribution in [0.4, 0.5) is 18.9 Å². The van der Waals surface area contributed by atoms with Crippen LogP contribution in [-0.2, 0) is 9.59 Å². The number of hydrogen-bond acceptors (Lipinski definition) is 6. The summed E-state index contributed by atoms with van der Waals surface area (Å²) in [5.41, 5.74) is 3.15. The van der Waals surface area contributed by atoms with E-state index in [4.69, 9.17) is 0 Å². The molecule has 224 valence electrons. The van der Waals surface area contributed by atoms with Crippen molar-refractivity contribution >= 4 is 23.5 Å². The maximum Gasteiger partial charge on any atom is 0.573 e. The molecule has 2 amide bonds. The Hall–Kier alpha value is -4.48. The summed E-state index contributed by atoms with van der Waals surface area (Å²) in [4.78, 5) is 50.9. The van der Waals surface area contributed by atoms with Crippen molar-refractivity contribution in [3.8, 4) is 16.9 Å². The van der Waals surface area contributed by atoms with Crippen LogP contribution in [0.15, 0.2) is 61.2 Å². The van der Waals surface area contributed by atoms with Crippen LogP contribution in [0.2, 0.25) is 0 Å². The minimum atomic E-state index is -4.85. The summed E-state index contributed by atoms with van der Waals surface area (Å²) in [6.07, 6.45) is 3.46. The highest BCUT2D eigenvalue weighted by atomic mass is 19.4. The van der Waals surface area contributed by atoms with Gasteiger partial charge in [0.2, 0.25) is 5.91 Å². The monoisotopic (exact) mass is 594 g/mol. The van der Waals surface area contributed by atoms with Gasteiger partial charge in [0.1, 0.15) is 12.1 Å². The van der Waals surface area contributed by atoms with Gasteiger partial charge in [-0.15, -0.1) is 13.2 Å². The van der Waals surface area contributed by atoms with Gasteiger partial charge in [-0.05, 0) is 73.2 Å². The molecule has 0 unspecified atom stereocenters. The highest BCUT2D eigenvalue weighted by Crippen LogP contribution is 2.53. The number of alkyl halides is 3. The molecule has 43 heavy (non-hydrogen) atoms. The number of carbonyl (C=O) groups is 3. The number of fused-ring (bicyclic) bond motifs is 2. The quantitative estimate of drug-likeness (QED) is 0.352. The molecule has 0 spiro atoms. The third-order valence-electron chi connectivity index (χ3n) is 8.40. The lowest BCUT2D eigenvalue weighted by molar-refractivity contribution is -0.274. The van der Waals surface area contributed by atoms with E-state index in [1.54, 1.807) is 17.3 Å². The molecule has 2 aromatic carbocycles. The van der Waals surface area contributed by atoms with Crippen molar-refractivity contribution in [2.45, 2.75) is 69.4 Å². The van der Waals surface area contributed by atoms with Gasteiger partial charge in [0, 0.05) is 53.6 Å². The zero-order valence-electron chi connectivity index (χ0n) is 23.0. The molecule has 1 N–H and O–H groups in total. The van der Waals surface area contributed by atoms with Crippen LogP contribution in [0.5, 0.6) is 5.75 Å². The summed E-state index contributed by atoms with van der Waals surface area (Å²) < 4.78 is 42.1. The Bertz CT molecular complexity index is 1530. The molecule has 2 aliphatic carbocycles. The van der Waals surface area contributed by atoms with E-state index < -0.39 is 18.1 Å². The molecule has 3 aliphatic rings. The Morgan fingerprint density at radius 1 is 0.953 bits per heavy atom. The number of aliphatic carboxylic acids is 1. The maximum absolute atomic E-state index is 14.1. The first-order valence-corrected chi connectivity index (χ1v) is 14.2. The second-order valence-corrected chi connectivity index (χ2v) is 11.2. The first kappa shape index (κ1) is 28.6. The molecular weight excluding hydrogens is 565 g/mol. The summed E-state index contributed by atoms with van der Waals surface area (Å²) in [7, 11) is 0. The number of halogens is 3. The Labute approximate surface area is 245 Å². The number of carbonyl (C=O) groups excluding carboxylic acids is 2. The average molecular weight is 595 g/mol. The third kappa shape index (κ3) is 5.91. The van der Waals surface area contributed by atoms with Crippen molar-refractivity contribution in [3.63, 3.8) is 0 Å². The number of benzene rings is 2. The van der Waals surface area contributed by atoms with Crippen LogP contribution >= 0.6 is 0 Å². The Balaban J connectivity index is 1.44. The zero-order chi connectivity index (χ0) is 30.3. The van der Waals surface area contributed by atoms with Gasteiger partial charge in [0.05, 0.1) is 12.5 Å². The van der Waals surface area contributed by atoms with E-state index >= 15 is 0 Å². The van der Waals surface area contributed by atoms with E-state index in [-0.39, 0.29) is 54.3 Å². The van der Waals surface area contributed by atoms with Crippen LogP contribution in [0, 0.1) is 5.92 Å². The zero-order valence-corrected chi connectivity index (χ0v) is 23.0. The van der Waals surface area contributed by atoms with Crippen molar-refractivity contribution < 1.29 is 37.4 Å². The van der Waals surface area contributed by atoms with E-state index in [0.29, 0.717) is 12.1 Å². The number of hydrogen-bond donors (Lipinski definition) is 1. The highest BCUT2D eigenvalue weighted by molar-refractivity contribution is 6.07. The fourth-order valence-corrected chi connectivity index (χ4v) is 6.54. The number of carboxylic acids is 1. The molecule has 0 saturated heterocycles. The number of rotatable bonds is 8. The molecule has 0 radical (unpaired) electrons. The van der Waals surface area contributed by atoms with Crippen molar-refractivity contribution in [1.29, 1.82) is 0 Å². The number of amides is 2. The molecule has 3 atom stereocenters. The van der Waals surface area contributed by atoms with Crippen LogP contribution in [0.1, 0.15) is 66.9 Å². The molecule has 2 saturated carbocycles. The Kier molecular flexibility index (Phi) is 7.53. The normalized spacial score (nSPS) is 21.1. The van der Waals surface area contributed by atoms with E-state index in [2.05, 4.69) is 14.7 Å². The summed E-state index contributed by atoms with van der Waals surface area (Å²) in [5, 5.41) is 9.27. The van der Waals surface area contributed by atoms with Gasteiger partial charge in [0.25, 0.3) is 5.91 Å². The second-order valence-electron chi connectivity index (χ2n) is 11.2. The predicted molar refractivity (Wildman–Crippen MR) is 148 cm³/mol. The summed E-state index contributed by atoms with van der Waals surface area (Å²) >= 11 is 0. The Morgan fingerprint density at radius 2 is 1.67 bits per heavy atom. The van der Waals surface area contributed by atoms with Gasteiger partial charge in [-0.1, -0.05) is 12.5 Å². The lowest BCUT2D eigenvalue weighted by Gasteiger charge is -2.48. The van der Waals surface area contributed by atoms with E-state index in [1.807, 2.05) is 23.1 Å². The minimum absolute atomic E-state index is 0.00691. The first-order chi connectivity index (χ1) is 20.6. The van der Waals surface area contributed by atoms with Gasteiger partial charge in [0.15, 0.2) is 0 Å². The standard InChI is InChI=1S/C31H29F3N4O5/c32-31(33,34)43-22-9-4-18(5-10-22)30(42)38-25-3-1-2-23(25)29(37(21-7-8-21)27(39)12-13-28(40)41)24-14-19(6-11-26(24)38)20-15-35-17-36-16-20/h4-6,9-11,14-17,21,23,25,29H,1-3,7-8,12-13H2,(H,40,41)/t23-,25+,29+/m0/s1. The number of nitrogens with zero attached hydrogens (tertiary/aromatic N) is 4. The SMILES string of the molecule is O=C(O)CCC(=O)N(C1CC1)[C@H]1c2cc(-c3cncnc3)ccc2N(C(=O)c2ccc(OC(F)(F)F)cc2)[C@@H]2CCC[C@@H]21. The lowest BCUT2D eigenvalue weighted by Crippen LogP contribution is -2.53. The van der Waals surface area contributed by atoms with E-state index in [0.717, 1.165) is 54.5 Å². The molecule has 6 rings (SSSR count).